The predicted octanol–water partition coefficient (Wildman–Crippen LogP) is 1.10. The molecule has 0 saturated carbocycles. The third-order valence-electron chi connectivity index (χ3n) is 2.62. The van der Waals surface area contributed by atoms with Crippen molar-refractivity contribution in [1.29, 1.82) is 0 Å². The molecule has 0 aromatic carbocycles. The fourth-order valence-corrected chi connectivity index (χ4v) is 1.63. The zero-order chi connectivity index (χ0) is 8.43. The van der Waals surface area contributed by atoms with Crippen LogP contribution in [0.15, 0.2) is 0 Å². The molecule has 2 heteroatoms. The van der Waals surface area contributed by atoms with Gasteiger partial charge in [0.25, 0.3) is 0 Å². The van der Waals surface area contributed by atoms with Crippen LogP contribution in [0.1, 0.15) is 27.2 Å². The average Bonchev–Trinajstić information content (AvgIpc) is 1.94. The highest BCUT2D eigenvalue weighted by Crippen LogP contribution is 2.17. The van der Waals surface area contributed by atoms with Crippen LogP contribution in [-0.4, -0.2) is 35.2 Å². The van der Waals surface area contributed by atoms with E-state index in [1.807, 2.05) is 0 Å². The number of likely N-dealkylation sites (tertiary alicyclic amines) is 1. The molecule has 2 atom stereocenters. The van der Waals surface area contributed by atoms with Gasteiger partial charge in [-0.05, 0) is 26.2 Å². The van der Waals surface area contributed by atoms with Crippen molar-refractivity contribution in [2.75, 3.05) is 13.1 Å². The molecule has 1 N–H and O–H groups in total. The van der Waals surface area contributed by atoms with Crippen LogP contribution < -0.4 is 0 Å². The third kappa shape index (κ3) is 2.17. The first-order chi connectivity index (χ1) is 5.11. The Morgan fingerprint density at radius 1 is 1.45 bits per heavy atom. The Labute approximate surface area is 69.2 Å². The number of rotatable bonds is 1. The molecule has 1 saturated heterocycles. The number of piperidine rings is 1. The van der Waals surface area contributed by atoms with Crippen LogP contribution in [-0.2, 0) is 0 Å². The summed E-state index contributed by atoms with van der Waals surface area (Å²) in [6.07, 6.45) is 0.879. The Bertz CT molecular complexity index is 125. The standard InChI is InChI=1S/C9H19NO/c1-7(2)10-5-4-9(11)8(3)6-10/h7-9,11H,4-6H2,1-3H3/t8-,9-/m0/s1. The SMILES string of the molecule is CC(C)N1CC[C@H](O)[C@@H](C)C1. The highest BCUT2D eigenvalue weighted by Gasteiger charge is 2.24. The Balaban J connectivity index is 2.40. The molecule has 0 spiro atoms. The maximum Gasteiger partial charge on any atom is 0.0590 e. The van der Waals surface area contributed by atoms with E-state index in [1.165, 1.54) is 0 Å². The van der Waals surface area contributed by atoms with Gasteiger partial charge in [0.2, 0.25) is 0 Å². The van der Waals surface area contributed by atoms with Crippen molar-refractivity contribution in [1.82, 2.24) is 4.90 Å². The van der Waals surface area contributed by atoms with E-state index in [9.17, 15) is 5.11 Å². The van der Waals surface area contributed by atoms with Gasteiger partial charge in [-0.1, -0.05) is 6.92 Å². The van der Waals surface area contributed by atoms with Crippen molar-refractivity contribution in [3.63, 3.8) is 0 Å². The van der Waals surface area contributed by atoms with Crippen molar-refractivity contribution in [3.05, 3.63) is 0 Å². The molecule has 66 valence electrons. The molecule has 1 aliphatic rings. The Morgan fingerprint density at radius 2 is 2.09 bits per heavy atom. The fourth-order valence-electron chi connectivity index (χ4n) is 1.63. The van der Waals surface area contributed by atoms with E-state index in [4.69, 9.17) is 0 Å². The normalized spacial score (nSPS) is 34.6. The van der Waals surface area contributed by atoms with Crippen molar-refractivity contribution in [2.45, 2.75) is 39.3 Å². The molecule has 0 unspecified atom stereocenters. The molecule has 0 aromatic rings. The van der Waals surface area contributed by atoms with Gasteiger partial charge in [0.05, 0.1) is 6.10 Å². The minimum atomic E-state index is -0.0648. The van der Waals surface area contributed by atoms with Crippen molar-refractivity contribution >= 4 is 0 Å². The summed E-state index contributed by atoms with van der Waals surface area (Å²) in [6, 6.07) is 0.630. The van der Waals surface area contributed by atoms with E-state index in [2.05, 4.69) is 25.7 Å². The van der Waals surface area contributed by atoms with E-state index in [0.29, 0.717) is 12.0 Å². The molecule has 1 fully saturated rings. The molecular formula is C9H19NO. The number of hydrogen-bond donors (Lipinski definition) is 1. The highest BCUT2D eigenvalue weighted by atomic mass is 16.3. The van der Waals surface area contributed by atoms with Crippen LogP contribution in [0.4, 0.5) is 0 Å². The largest absolute Gasteiger partial charge is 0.393 e. The topological polar surface area (TPSA) is 23.5 Å². The van der Waals surface area contributed by atoms with E-state index in [-0.39, 0.29) is 6.10 Å². The highest BCUT2D eigenvalue weighted by molar-refractivity contribution is 4.78. The van der Waals surface area contributed by atoms with Crippen molar-refractivity contribution in [3.8, 4) is 0 Å². The molecule has 0 bridgehead atoms. The third-order valence-corrected chi connectivity index (χ3v) is 2.62. The maximum absolute atomic E-state index is 9.45. The van der Waals surface area contributed by atoms with Gasteiger partial charge in [0.1, 0.15) is 0 Å². The monoisotopic (exact) mass is 157 g/mol. The quantitative estimate of drug-likeness (QED) is 0.616. The predicted molar refractivity (Wildman–Crippen MR) is 46.5 cm³/mol. The number of nitrogens with zero attached hydrogens (tertiary/aromatic N) is 1. The summed E-state index contributed by atoms with van der Waals surface area (Å²) in [5.74, 6) is 0.450. The molecule has 1 heterocycles. The number of aliphatic hydroxyl groups excluding tert-OH is 1. The number of aliphatic hydroxyl groups is 1. The summed E-state index contributed by atoms with van der Waals surface area (Å²) < 4.78 is 0. The summed E-state index contributed by atoms with van der Waals surface area (Å²) in [5, 5.41) is 9.45. The summed E-state index contributed by atoms with van der Waals surface area (Å²) in [5.41, 5.74) is 0. The first-order valence-electron chi connectivity index (χ1n) is 4.53. The molecule has 0 aliphatic carbocycles. The second-order valence-corrected chi connectivity index (χ2v) is 3.92. The van der Waals surface area contributed by atoms with Gasteiger partial charge in [-0.25, -0.2) is 0 Å². The molecule has 1 aliphatic heterocycles. The summed E-state index contributed by atoms with van der Waals surface area (Å²) >= 11 is 0. The Morgan fingerprint density at radius 3 is 2.55 bits per heavy atom. The Hall–Kier alpha value is -0.0800. The lowest BCUT2D eigenvalue weighted by Crippen LogP contribution is -2.44. The van der Waals surface area contributed by atoms with E-state index in [0.717, 1.165) is 19.5 Å². The Kier molecular flexibility index (Phi) is 2.90. The first-order valence-corrected chi connectivity index (χ1v) is 4.53. The minimum Gasteiger partial charge on any atom is -0.393 e. The maximum atomic E-state index is 9.45. The van der Waals surface area contributed by atoms with Gasteiger partial charge < -0.3 is 10.0 Å². The van der Waals surface area contributed by atoms with E-state index in [1.54, 1.807) is 0 Å². The van der Waals surface area contributed by atoms with Crippen molar-refractivity contribution < 1.29 is 5.11 Å². The number of hydrogen-bond acceptors (Lipinski definition) is 2. The fraction of sp³-hybridized carbons (Fsp3) is 1.00. The van der Waals surface area contributed by atoms with Crippen LogP contribution in [0, 0.1) is 5.92 Å². The second kappa shape index (κ2) is 3.55. The lowest BCUT2D eigenvalue weighted by atomic mass is 9.96. The van der Waals surface area contributed by atoms with Crippen LogP contribution in [0.3, 0.4) is 0 Å². The smallest absolute Gasteiger partial charge is 0.0590 e. The van der Waals surface area contributed by atoms with E-state index >= 15 is 0 Å². The average molecular weight is 157 g/mol. The van der Waals surface area contributed by atoms with Gasteiger partial charge in [-0.2, -0.15) is 0 Å². The molecule has 0 aromatic heterocycles. The summed E-state index contributed by atoms with van der Waals surface area (Å²) in [7, 11) is 0. The molecule has 0 radical (unpaired) electrons. The van der Waals surface area contributed by atoms with Gasteiger partial charge in [0.15, 0.2) is 0 Å². The molecule has 2 nitrogen and oxygen atoms in total. The van der Waals surface area contributed by atoms with Gasteiger partial charge in [-0.15, -0.1) is 0 Å². The van der Waals surface area contributed by atoms with Crippen LogP contribution in [0.25, 0.3) is 0 Å². The van der Waals surface area contributed by atoms with Crippen molar-refractivity contribution in [2.24, 2.45) is 5.92 Å². The zero-order valence-electron chi connectivity index (χ0n) is 7.75. The summed E-state index contributed by atoms with van der Waals surface area (Å²) in [4.78, 5) is 2.43. The zero-order valence-corrected chi connectivity index (χ0v) is 7.75. The van der Waals surface area contributed by atoms with Gasteiger partial charge in [0, 0.05) is 19.1 Å². The summed E-state index contributed by atoms with van der Waals surface area (Å²) in [6.45, 7) is 8.66. The lowest BCUT2D eigenvalue weighted by Gasteiger charge is -2.36. The van der Waals surface area contributed by atoms with Crippen LogP contribution >= 0.6 is 0 Å². The van der Waals surface area contributed by atoms with E-state index < -0.39 is 0 Å². The first kappa shape index (κ1) is 9.01. The minimum absolute atomic E-state index is 0.0648. The molecule has 0 amide bonds. The molecule has 1 rings (SSSR count). The van der Waals surface area contributed by atoms with Crippen LogP contribution in [0.5, 0.6) is 0 Å². The molecular weight excluding hydrogens is 138 g/mol. The second-order valence-electron chi connectivity index (χ2n) is 3.92. The van der Waals surface area contributed by atoms with Gasteiger partial charge >= 0.3 is 0 Å². The lowest BCUT2D eigenvalue weighted by molar-refractivity contribution is 0.0233. The van der Waals surface area contributed by atoms with Gasteiger partial charge in [-0.3, -0.25) is 0 Å². The molecule has 11 heavy (non-hydrogen) atoms. The van der Waals surface area contributed by atoms with Crippen LogP contribution in [0.2, 0.25) is 0 Å².